The Balaban J connectivity index is 0.000000412. The Bertz CT molecular complexity index is 868. The Morgan fingerprint density at radius 3 is 1.85 bits per heavy atom. The lowest BCUT2D eigenvalue weighted by Crippen LogP contribution is -2.11. The SMILES string of the molecule is C=C(C)C(=O)OCCCC(=O)Oc1ccc(C(C)CC)cc1.CCC(C)c1ccc(O)cc1. The lowest BCUT2D eigenvalue weighted by atomic mass is 9.99. The van der Waals surface area contributed by atoms with Crippen molar-refractivity contribution in [3.8, 4) is 11.5 Å². The van der Waals surface area contributed by atoms with Crippen LogP contribution in [0.3, 0.4) is 0 Å². The summed E-state index contributed by atoms with van der Waals surface area (Å²) in [6.07, 6.45) is 2.85. The number of benzene rings is 2. The van der Waals surface area contributed by atoms with Gasteiger partial charge in [0.25, 0.3) is 0 Å². The fraction of sp³-hybridized carbons (Fsp3) is 0.429. The second-order valence-electron chi connectivity index (χ2n) is 8.27. The van der Waals surface area contributed by atoms with Crippen molar-refractivity contribution in [1.29, 1.82) is 0 Å². The standard InChI is InChI=1S/C18H24O4.C10H14O/c1-5-14(4)15-8-10-16(11-9-15)22-17(19)7-6-12-21-18(20)13(2)3;1-3-8(2)9-4-6-10(11)7-5-9/h8-11,14H,2,5-7,12H2,1,3-4H3;4-8,11H,3H2,1-2H3. The van der Waals surface area contributed by atoms with Gasteiger partial charge in [-0.25, -0.2) is 4.79 Å². The summed E-state index contributed by atoms with van der Waals surface area (Å²) in [6.45, 7) is 13.9. The van der Waals surface area contributed by atoms with Crippen molar-refractivity contribution >= 4 is 11.9 Å². The molecule has 5 nitrogen and oxygen atoms in total. The Morgan fingerprint density at radius 1 is 0.909 bits per heavy atom. The number of carbonyl (C=O) groups excluding carboxylic acids is 2. The smallest absolute Gasteiger partial charge is 0.333 e. The van der Waals surface area contributed by atoms with Gasteiger partial charge in [-0.15, -0.1) is 0 Å². The average molecular weight is 455 g/mol. The molecule has 0 fully saturated rings. The fourth-order valence-corrected chi connectivity index (χ4v) is 2.83. The first-order valence-electron chi connectivity index (χ1n) is 11.6. The summed E-state index contributed by atoms with van der Waals surface area (Å²) in [5.74, 6) is 1.20. The summed E-state index contributed by atoms with van der Waals surface area (Å²) >= 11 is 0. The van der Waals surface area contributed by atoms with Crippen molar-refractivity contribution in [3.05, 3.63) is 71.8 Å². The maximum Gasteiger partial charge on any atom is 0.333 e. The number of phenolic OH excluding ortho intramolecular Hbond substituents is 1. The van der Waals surface area contributed by atoms with E-state index in [2.05, 4.69) is 34.3 Å². The van der Waals surface area contributed by atoms with Crippen molar-refractivity contribution in [2.24, 2.45) is 0 Å². The van der Waals surface area contributed by atoms with E-state index in [0.29, 0.717) is 35.3 Å². The van der Waals surface area contributed by atoms with Gasteiger partial charge in [0.1, 0.15) is 11.5 Å². The summed E-state index contributed by atoms with van der Waals surface area (Å²) in [6, 6.07) is 15.0. The van der Waals surface area contributed by atoms with E-state index in [0.717, 1.165) is 12.8 Å². The van der Waals surface area contributed by atoms with Crippen LogP contribution in [-0.4, -0.2) is 23.7 Å². The van der Waals surface area contributed by atoms with E-state index in [9.17, 15) is 9.59 Å². The zero-order chi connectivity index (χ0) is 24.8. The van der Waals surface area contributed by atoms with Gasteiger partial charge in [-0.1, -0.05) is 58.5 Å². The number of esters is 2. The molecule has 0 radical (unpaired) electrons. The van der Waals surface area contributed by atoms with Crippen molar-refractivity contribution in [3.63, 3.8) is 0 Å². The third-order valence-corrected chi connectivity index (χ3v) is 5.47. The van der Waals surface area contributed by atoms with Crippen LogP contribution in [0.5, 0.6) is 11.5 Å². The molecule has 5 heteroatoms. The molecule has 0 aromatic heterocycles. The predicted octanol–water partition coefficient (Wildman–Crippen LogP) is 6.91. The Hall–Kier alpha value is -3.08. The van der Waals surface area contributed by atoms with Gasteiger partial charge in [0.15, 0.2) is 0 Å². The monoisotopic (exact) mass is 454 g/mol. The highest BCUT2D eigenvalue weighted by molar-refractivity contribution is 5.86. The average Bonchev–Trinajstić information content (AvgIpc) is 2.82. The number of hydrogen-bond acceptors (Lipinski definition) is 5. The molecule has 33 heavy (non-hydrogen) atoms. The predicted molar refractivity (Wildman–Crippen MR) is 133 cm³/mol. The second kappa shape index (κ2) is 14.9. The Kier molecular flexibility index (Phi) is 12.6. The molecule has 2 aromatic carbocycles. The first-order chi connectivity index (χ1) is 15.7. The van der Waals surface area contributed by atoms with Gasteiger partial charge in [-0.3, -0.25) is 4.79 Å². The van der Waals surface area contributed by atoms with E-state index in [1.165, 1.54) is 11.1 Å². The van der Waals surface area contributed by atoms with Crippen LogP contribution < -0.4 is 4.74 Å². The van der Waals surface area contributed by atoms with E-state index in [4.69, 9.17) is 14.6 Å². The fourth-order valence-electron chi connectivity index (χ4n) is 2.83. The van der Waals surface area contributed by atoms with E-state index in [1.54, 1.807) is 31.2 Å². The second-order valence-corrected chi connectivity index (χ2v) is 8.27. The van der Waals surface area contributed by atoms with Crippen LogP contribution in [0.1, 0.15) is 83.3 Å². The molecule has 0 heterocycles. The van der Waals surface area contributed by atoms with Gasteiger partial charge in [-0.05, 0) is 73.4 Å². The van der Waals surface area contributed by atoms with Crippen molar-refractivity contribution < 1.29 is 24.2 Å². The molecule has 180 valence electrons. The van der Waals surface area contributed by atoms with Gasteiger partial charge in [0.05, 0.1) is 6.61 Å². The topological polar surface area (TPSA) is 72.8 Å². The molecular formula is C28H38O5. The molecule has 2 aromatic rings. The lowest BCUT2D eigenvalue weighted by Gasteiger charge is -2.10. The van der Waals surface area contributed by atoms with Crippen LogP contribution in [0.2, 0.25) is 0 Å². The number of ether oxygens (including phenoxy) is 2. The molecule has 2 atom stereocenters. The summed E-state index contributed by atoms with van der Waals surface area (Å²) in [5.41, 5.74) is 2.88. The van der Waals surface area contributed by atoms with Gasteiger partial charge in [0.2, 0.25) is 0 Å². The molecule has 2 rings (SSSR count). The van der Waals surface area contributed by atoms with Crippen LogP contribution >= 0.6 is 0 Å². The lowest BCUT2D eigenvalue weighted by molar-refractivity contribution is -0.141. The summed E-state index contributed by atoms with van der Waals surface area (Å²) in [7, 11) is 0. The molecule has 0 aliphatic carbocycles. The molecular weight excluding hydrogens is 416 g/mol. The third kappa shape index (κ3) is 10.9. The van der Waals surface area contributed by atoms with Crippen molar-refractivity contribution in [1.82, 2.24) is 0 Å². The van der Waals surface area contributed by atoms with Gasteiger partial charge < -0.3 is 14.6 Å². The first-order valence-corrected chi connectivity index (χ1v) is 11.6. The number of hydrogen-bond donors (Lipinski definition) is 1. The largest absolute Gasteiger partial charge is 0.508 e. The molecule has 1 N–H and O–H groups in total. The molecule has 0 spiro atoms. The van der Waals surface area contributed by atoms with E-state index in [-0.39, 0.29) is 19.0 Å². The number of aromatic hydroxyl groups is 1. The summed E-state index contributed by atoms with van der Waals surface area (Å²) in [4.78, 5) is 22.8. The molecule has 0 aliphatic rings. The van der Waals surface area contributed by atoms with Crippen LogP contribution in [0, 0.1) is 0 Å². The zero-order valence-electron chi connectivity index (χ0n) is 20.6. The number of phenols is 1. The normalized spacial score (nSPS) is 12.0. The van der Waals surface area contributed by atoms with Crippen molar-refractivity contribution in [2.75, 3.05) is 6.61 Å². The Morgan fingerprint density at radius 2 is 1.39 bits per heavy atom. The highest BCUT2D eigenvalue weighted by Crippen LogP contribution is 2.22. The molecule has 0 saturated heterocycles. The van der Waals surface area contributed by atoms with Crippen molar-refractivity contribution in [2.45, 2.75) is 72.1 Å². The van der Waals surface area contributed by atoms with Crippen LogP contribution in [0.25, 0.3) is 0 Å². The van der Waals surface area contributed by atoms with Crippen LogP contribution in [-0.2, 0) is 14.3 Å². The van der Waals surface area contributed by atoms with E-state index in [1.807, 2.05) is 24.3 Å². The van der Waals surface area contributed by atoms with E-state index < -0.39 is 5.97 Å². The van der Waals surface area contributed by atoms with E-state index >= 15 is 0 Å². The van der Waals surface area contributed by atoms with Crippen LogP contribution in [0.15, 0.2) is 60.7 Å². The van der Waals surface area contributed by atoms with Gasteiger partial charge in [-0.2, -0.15) is 0 Å². The molecule has 0 saturated carbocycles. The number of rotatable bonds is 10. The first kappa shape index (κ1) is 28.0. The molecule has 0 amide bonds. The maximum atomic E-state index is 11.7. The summed E-state index contributed by atoms with van der Waals surface area (Å²) in [5, 5.41) is 9.01. The minimum absolute atomic E-state index is 0.188. The van der Waals surface area contributed by atoms with Gasteiger partial charge in [0, 0.05) is 12.0 Å². The quantitative estimate of drug-likeness (QED) is 0.183. The minimum atomic E-state index is -0.436. The highest BCUT2D eigenvalue weighted by Gasteiger charge is 2.08. The minimum Gasteiger partial charge on any atom is -0.508 e. The molecule has 0 aliphatic heterocycles. The maximum absolute atomic E-state index is 11.7. The zero-order valence-corrected chi connectivity index (χ0v) is 20.6. The summed E-state index contributed by atoms with van der Waals surface area (Å²) < 4.78 is 10.2. The molecule has 0 bridgehead atoms. The molecule has 2 unspecified atom stereocenters. The number of carbonyl (C=O) groups is 2. The Labute approximate surface area is 198 Å². The van der Waals surface area contributed by atoms with Crippen LogP contribution in [0.4, 0.5) is 0 Å². The highest BCUT2D eigenvalue weighted by atomic mass is 16.5. The third-order valence-electron chi connectivity index (χ3n) is 5.47. The van der Waals surface area contributed by atoms with Gasteiger partial charge >= 0.3 is 11.9 Å².